The second kappa shape index (κ2) is 9.61. The second-order valence-electron chi connectivity index (χ2n) is 5.88. The number of nitrogens with one attached hydrogen (secondary N) is 1. The van der Waals surface area contributed by atoms with Crippen LogP contribution in [0.1, 0.15) is 55.4 Å². The molecule has 0 bridgehead atoms. The van der Waals surface area contributed by atoms with Gasteiger partial charge in [0.05, 0.1) is 0 Å². The molecule has 4 heteroatoms. The fraction of sp³-hybridized carbons (Fsp3) is 0.714. The van der Waals surface area contributed by atoms with Crippen molar-refractivity contribution in [2.45, 2.75) is 60.9 Å². The molecular weight excluding hydrogens is 301 g/mol. The van der Waals surface area contributed by atoms with Gasteiger partial charge in [0.25, 0.3) is 0 Å². The van der Waals surface area contributed by atoms with Crippen molar-refractivity contribution < 1.29 is 46.5 Å². The Kier molecular flexibility index (Phi) is 14.5. The Hall–Kier alpha value is 0.734. The van der Waals surface area contributed by atoms with E-state index in [1.54, 1.807) is 0 Å². The Balaban J connectivity index is -0.000000109. The number of rotatable bonds is 0. The van der Waals surface area contributed by atoms with Gasteiger partial charge in [-0.2, -0.15) is 11.1 Å². The number of hydrogen-bond donors (Lipinski definition) is 0. The van der Waals surface area contributed by atoms with E-state index in [1.807, 2.05) is 20.8 Å². The standard InChI is InChI=1S/C10H15.C4H10N.2ClH.Ti/c1-7-6-10(4,5)9(3)8(7)2;1-4(2,3)5;;;/h1-5H3;5H,1-3H3;2*1H;/q2*-1;;;+4/p-2. The van der Waals surface area contributed by atoms with E-state index in [2.05, 4.69) is 40.7 Å². The predicted molar refractivity (Wildman–Crippen MR) is 68.7 cm³/mol. The Morgan fingerprint density at radius 1 is 1.00 bits per heavy atom. The smallest absolute Gasteiger partial charge is 1.00 e. The topological polar surface area (TPSA) is 23.8 Å². The molecule has 0 saturated heterocycles. The van der Waals surface area contributed by atoms with Crippen molar-refractivity contribution in [3.05, 3.63) is 28.5 Å². The maximum atomic E-state index is 6.94. The van der Waals surface area contributed by atoms with E-state index in [-0.39, 0.29) is 57.5 Å². The average molecular weight is 326 g/mol. The minimum atomic E-state index is -0.250. The van der Waals surface area contributed by atoms with E-state index >= 15 is 0 Å². The van der Waals surface area contributed by atoms with Crippen LogP contribution in [0, 0.1) is 11.5 Å². The minimum absolute atomic E-state index is 0. The van der Waals surface area contributed by atoms with Gasteiger partial charge in [-0.05, 0) is 0 Å². The average Bonchev–Trinajstić information content (AvgIpc) is 2.11. The summed E-state index contributed by atoms with van der Waals surface area (Å²) in [5.41, 5.74) is 11.1. The van der Waals surface area contributed by atoms with Crippen molar-refractivity contribution >= 4 is 0 Å². The first-order chi connectivity index (χ1) is 6.45. The molecule has 0 heterocycles. The summed E-state index contributed by atoms with van der Waals surface area (Å²) < 4.78 is 0. The van der Waals surface area contributed by atoms with E-state index in [0.717, 1.165) is 0 Å². The normalized spacial score (nSPS) is 16.4. The maximum Gasteiger partial charge on any atom is 4.00 e. The fourth-order valence-corrected chi connectivity index (χ4v) is 1.41. The van der Waals surface area contributed by atoms with Crippen LogP contribution in [0.25, 0.3) is 5.73 Å². The Morgan fingerprint density at radius 3 is 1.33 bits per heavy atom. The largest absolute Gasteiger partial charge is 4.00 e. The molecule has 18 heavy (non-hydrogen) atoms. The summed E-state index contributed by atoms with van der Waals surface area (Å²) in [7, 11) is 0. The van der Waals surface area contributed by atoms with Crippen molar-refractivity contribution in [3.63, 3.8) is 0 Å². The van der Waals surface area contributed by atoms with Gasteiger partial charge in [-0.3, -0.25) is 6.08 Å². The first-order valence-corrected chi connectivity index (χ1v) is 5.50. The van der Waals surface area contributed by atoms with Gasteiger partial charge in [0.15, 0.2) is 0 Å². The molecule has 0 aromatic heterocycles. The molecule has 1 nitrogen and oxygen atoms in total. The Bertz CT molecular complexity index is 293. The third-order valence-electron chi connectivity index (χ3n) is 2.56. The van der Waals surface area contributed by atoms with Crippen LogP contribution in [-0.4, -0.2) is 5.54 Å². The van der Waals surface area contributed by atoms with Crippen LogP contribution in [0.4, 0.5) is 0 Å². The van der Waals surface area contributed by atoms with Crippen molar-refractivity contribution in [3.8, 4) is 0 Å². The number of allylic oxidation sites excluding steroid dienone is 4. The Labute approximate surface area is 141 Å². The van der Waals surface area contributed by atoms with Crippen molar-refractivity contribution in [2.24, 2.45) is 5.41 Å². The molecular formula is C14H25Cl2NTi. The van der Waals surface area contributed by atoms with Crippen LogP contribution >= 0.6 is 0 Å². The first kappa shape index (κ1) is 27.1. The van der Waals surface area contributed by atoms with Crippen molar-refractivity contribution in [2.75, 3.05) is 0 Å². The fourth-order valence-electron chi connectivity index (χ4n) is 1.41. The van der Waals surface area contributed by atoms with Gasteiger partial charge in [0.1, 0.15) is 0 Å². The van der Waals surface area contributed by atoms with Crippen LogP contribution in [0.3, 0.4) is 0 Å². The SMILES string of the molecule is CC(C)(C)[NH-].CC1=[C-]C(C)(C)C(C)=C1C.[Cl-].[Cl-].[Ti+4]. The Morgan fingerprint density at radius 2 is 1.28 bits per heavy atom. The molecule has 1 aliphatic carbocycles. The molecule has 0 atom stereocenters. The minimum Gasteiger partial charge on any atom is -1.00 e. The van der Waals surface area contributed by atoms with Crippen LogP contribution < -0.4 is 24.8 Å². The predicted octanol–water partition coefficient (Wildman–Crippen LogP) is -1.05. The summed E-state index contributed by atoms with van der Waals surface area (Å²) in [6.45, 7) is 16.5. The van der Waals surface area contributed by atoms with E-state index in [9.17, 15) is 0 Å². The van der Waals surface area contributed by atoms with E-state index in [1.165, 1.54) is 16.7 Å². The third-order valence-corrected chi connectivity index (χ3v) is 2.56. The molecule has 1 N–H and O–H groups in total. The van der Waals surface area contributed by atoms with E-state index < -0.39 is 0 Å². The molecule has 1 aliphatic rings. The summed E-state index contributed by atoms with van der Waals surface area (Å²) in [6, 6.07) is 0. The van der Waals surface area contributed by atoms with Crippen LogP contribution in [0.2, 0.25) is 0 Å². The molecule has 1 rings (SSSR count). The summed E-state index contributed by atoms with van der Waals surface area (Å²) in [5.74, 6) is 0. The molecule has 104 valence electrons. The summed E-state index contributed by atoms with van der Waals surface area (Å²) in [6.07, 6.45) is 3.44. The summed E-state index contributed by atoms with van der Waals surface area (Å²) >= 11 is 0. The zero-order chi connectivity index (χ0) is 12.4. The van der Waals surface area contributed by atoms with Gasteiger partial charge in [0.2, 0.25) is 0 Å². The zero-order valence-electron chi connectivity index (χ0n) is 12.8. The van der Waals surface area contributed by atoms with Crippen LogP contribution in [-0.2, 0) is 21.7 Å². The molecule has 0 spiro atoms. The van der Waals surface area contributed by atoms with Crippen molar-refractivity contribution in [1.82, 2.24) is 0 Å². The number of halogens is 2. The van der Waals surface area contributed by atoms with Gasteiger partial charge in [-0.25, -0.2) is 5.57 Å². The van der Waals surface area contributed by atoms with E-state index in [4.69, 9.17) is 5.73 Å². The monoisotopic (exact) mass is 325 g/mol. The van der Waals surface area contributed by atoms with Crippen LogP contribution in [0.5, 0.6) is 0 Å². The van der Waals surface area contributed by atoms with Crippen LogP contribution in [0.15, 0.2) is 16.7 Å². The molecule has 0 saturated carbocycles. The van der Waals surface area contributed by atoms with Gasteiger partial charge < -0.3 is 30.5 Å². The quantitative estimate of drug-likeness (QED) is 0.401. The molecule has 0 aromatic rings. The maximum absolute atomic E-state index is 6.94. The van der Waals surface area contributed by atoms with Crippen molar-refractivity contribution in [1.29, 1.82) is 0 Å². The van der Waals surface area contributed by atoms with E-state index in [0.29, 0.717) is 0 Å². The summed E-state index contributed by atoms with van der Waals surface area (Å²) in [4.78, 5) is 0. The molecule has 0 amide bonds. The zero-order valence-corrected chi connectivity index (χ0v) is 15.8. The third kappa shape index (κ3) is 10.6. The van der Waals surface area contributed by atoms with Gasteiger partial charge in [0, 0.05) is 0 Å². The summed E-state index contributed by atoms with van der Waals surface area (Å²) in [5, 5.41) is 0. The molecule has 0 unspecified atom stereocenters. The van der Waals surface area contributed by atoms with Gasteiger partial charge in [-0.1, -0.05) is 53.9 Å². The molecule has 0 radical (unpaired) electrons. The number of hydrogen-bond acceptors (Lipinski definition) is 0. The molecule has 0 aliphatic heterocycles. The first-order valence-electron chi connectivity index (χ1n) is 5.50. The molecule has 0 aromatic carbocycles. The second-order valence-corrected chi connectivity index (χ2v) is 5.88. The molecule has 0 fully saturated rings. The van der Waals surface area contributed by atoms with Gasteiger partial charge >= 0.3 is 21.7 Å². The van der Waals surface area contributed by atoms with Gasteiger partial charge in [-0.15, -0.1) is 12.5 Å².